The predicted molar refractivity (Wildman–Crippen MR) is 81.0 cm³/mol. The smallest absolute Gasteiger partial charge is 0.376 e. The van der Waals surface area contributed by atoms with Crippen LogP contribution in [0, 0.1) is 0 Å². The minimum absolute atomic E-state index is 0.0390. The second-order valence-corrected chi connectivity index (χ2v) is 4.90. The third-order valence-electron chi connectivity index (χ3n) is 3.14. The lowest BCUT2D eigenvalue weighted by molar-refractivity contribution is -0.155. The first kappa shape index (κ1) is 15.7. The van der Waals surface area contributed by atoms with Gasteiger partial charge in [-0.3, -0.25) is 4.79 Å². The van der Waals surface area contributed by atoms with E-state index in [0.717, 1.165) is 11.1 Å². The Labute approximate surface area is 128 Å². The van der Waals surface area contributed by atoms with E-state index in [1.807, 2.05) is 18.2 Å². The van der Waals surface area contributed by atoms with Gasteiger partial charge in [0.05, 0.1) is 6.04 Å². The van der Waals surface area contributed by atoms with Crippen LogP contribution in [-0.4, -0.2) is 22.9 Å². The van der Waals surface area contributed by atoms with Crippen LogP contribution in [-0.2, 0) is 27.4 Å². The quantitative estimate of drug-likeness (QED) is 0.624. The van der Waals surface area contributed by atoms with E-state index in [1.165, 1.54) is 12.1 Å². The van der Waals surface area contributed by atoms with Crippen molar-refractivity contribution in [3.8, 4) is 5.75 Å². The highest BCUT2D eigenvalue weighted by Crippen LogP contribution is 2.11. The highest BCUT2D eigenvalue weighted by molar-refractivity contribution is 6.35. The third kappa shape index (κ3) is 4.43. The van der Waals surface area contributed by atoms with Crippen LogP contribution in [0.5, 0.6) is 5.75 Å². The Hall–Kier alpha value is -2.66. The zero-order valence-electron chi connectivity index (χ0n) is 11.9. The average Bonchev–Trinajstić information content (AvgIpc) is 2.55. The lowest BCUT2D eigenvalue weighted by Gasteiger charge is -2.10. The van der Waals surface area contributed by atoms with Gasteiger partial charge in [0.15, 0.2) is 0 Å². The number of ether oxygens (including phenoxy) is 1. The van der Waals surface area contributed by atoms with Crippen molar-refractivity contribution < 1.29 is 19.4 Å². The fraction of sp³-hybridized carbons (Fsp3) is 0.176. The number of Topliss-reactive ketones (excluding diaryl/α,β-unsaturated/α-hetero) is 1. The van der Waals surface area contributed by atoms with Gasteiger partial charge < -0.3 is 15.6 Å². The van der Waals surface area contributed by atoms with Gasteiger partial charge in [0.25, 0.3) is 5.78 Å². The minimum Gasteiger partial charge on any atom is -0.508 e. The Balaban J connectivity index is 1.86. The average molecular weight is 299 g/mol. The zero-order chi connectivity index (χ0) is 15.9. The largest absolute Gasteiger partial charge is 0.508 e. The molecule has 0 fully saturated rings. The summed E-state index contributed by atoms with van der Waals surface area (Å²) in [4.78, 5) is 23.6. The van der Waals surface area contributed by atoms with Crippen molar-refractivity contribution in [2.45, 2.75) is 19.1 Å². The highest BCUT2D eigenvalue weighted by atomic mass is 16.5. The second-order valence-electron chi connectivity index (χ2n) is 4.90. The first-order chi connectivity index (χ1) is 10.6. The number of esters is 1. The first-order valence-electron chi connectivity index (χ1n) is 6.84. The first-order valence-corrected chi connectivity index (χ1v) is 6.84. The molecule has 0 saturated carbocycles. The third-order valence-corrected chi connectivity index (χ3v) is 3.14. The van der Waals surface area contributed by atoms with Crippen molar-refractivity contribution in [2.75, 3.05) is 0 Å². The van der Waals surface area contributed by atoms with E-state index in [1.54, 1.807) is 24.3 Å². The van der Waals surface area contributed by atoms with Crippen LogP contribution in [0.15, 0.2) is 54.6 Å². The van der Waals surface area contributed by atoms with Crippen LogP contribution in [0.4, 0.5) is 0 Å². The number of phenols is 1. The van der Waals surface area contributed by atoms with Gasteiger partial charge in [0.2, 0.25) is 0 Å². The molecular weight excluding hydrogens is 282 g/mol. The maximum Gasteiger partial charge on any atom is 0.376 e. The Morgan fingerprint density at radius 2 is 1.64 bits per heavy atom. The standard InChI is InChI=1S/C17H17NO4/c18-15(10-12-6-8-14(19)9-7-12)16(20)17(21)22-11-13-4-2-1-3-5-13/h1-9,15,19H,10-11,18H2/t15-/m0/s1. The highest BCUT2D eigenvalue weighted by Gasteiger charge is 2.23. The number of hydrogen-bond donors (Lipinski definition) is 2. The Bertz CT molecular complexity index is 637. The summed E-state index contributed by atoms with van der Waals surface area (Å²) in [5, 5.41) is 9.19. The molecular formula is C17H17NO4. The predicted octanol–water partition coefficient (Wildman–Crippen LogP) is 1.57. The summed E-state index contributed by atoms with van der Waals surface area (Å²) in [6.45, 7) is 0.0390. The van der Waals surface area contributed by atoms with Gasteiger partial charge in [0, 0.05) is 0 Å². The van der Waals surface area contributed by atoms with Crippen molar-refractivity contribution in [2.24, 2.45) is 5.73 Å². The molecule has 2 rings (SSSR count). The molecule has 2 aromatic carbocycles. The monoisotopic (exact) mass is 299 g/mol. The van der Waals surface area contributed by atoms with Gasteiger partial charge in [-0.25, -0.2) is 4.79 Å². The lowest BCUT2D eigenvalue weighted by atomic mass is 10.0. The molecule has 5 nitrogen and oxygen atoms in total. The molecule has 0 unspecified atom stereocenters. The van der Waals surface area contributed by atoms with Gasteiger partial charge in [-0.2, -0.15) is 0 Å². The fourth-order valence-corrected chi connectivity index (χ4v) is 1.92. The number of aromatic hydroxyl groups is 1. The summed E-state index contributed by atoms with van der Waals surface area (Å²) in [7, 11) is 0. The Morgan fingerprint density at radius 1 is 1.00 bits per heavy atom. The van der Waals surface area contributed by atoms with E-state index >= 15 is 0 Å². The fourth-order valence-electron chi connectivity index (χ4n) is 1.92. The van der Waals surface area contributed by atoms with Crippen LogP contribution >= 0.6 is 0 Å². The van der Waals surface area contributed by atoms with E-state index < -0.39 is 17.8 Å². The normalized spacial score (nSPS) is 11.7. The van der Waals surface area contributed by atoms with Crippen LogP contribution in [0.25, 0.3) is 0 Å². The molecule has 0 aromatic heterocycles. The molecule has 5 heteroatoms. The molecule has 0 bridgehead atoms. The summed E-state index contributed by atoms with van der Waals surface area (Å²) < 4.78 is 4.96. The molecule has 0 heterocycles. The zero-order valence-corrected chi connectivity index (χ0v) is 11.9. The number of carbonyl (C=O) groups is 2. The molecule has 0 amide bonds. The summed E-state index contributed by atoms with van der Waals surface area (Å²) in [5.41, 5.74) is 7.30. The summed E-state index contributed by atoms with van der Waals surface area (Å²) >= 11 is 0. The summed E-state index contributed by atoms with van der Waals surface area (Å²) in [6.07, 6.45) is 0.208. The van der Waals surface area contributed by atoms with Gasteiger partial charge >= 0.3 is 5.97 Å². The maximum absolute atomic E-state index is 11.9. The molecule has 0 aliphatic heterocycles. The van der Waals surface area contributed by atoms with Gasteiger partial charge in [-0.15, -0.1) is 0 Å². The summed E-state index contributed by atoms with van der Waals surface area (Å²) in [5.74, 6) is -1.56. The van der Waals surface area contributed by atoms with E-state index in [4.69, 9.17) is 10.5 Å². The van der Waals surface area contributed by atoms with E-state index in [-0.39, 0.29) is 18.8 Å². The van der Waals surface area contributed by atoms with Crippen molar-refractivity contribution >= 4 is 11.8 Å². The number of ketones is 1. The Kier molecular flexibility index (Phi) is 5.27. The lowest BCUT2D eigenvalue weighted by Crippen LogP contribution is -2.38. The van der Waals surface area contributed by atoms with E-state index in [0.29, 0.717) is 0 Å². The van der Waals surface area contributed by atoms with Gasteiger partial charge in [-0.05, 0) is 29.7 Å². The van der Waals surface area contributed by atoms with Crippen molar-refractivity contribution in [1.82, 2.24) is 0 Å². The van der Waals surface area contributed by atoms with Crippen LogP contribution in [0.3, 0.4) is 0 Å². The molecule has 2 aromatic rings. The molecule has 22 heavy (non-hydrogen) atoms. The van der Waals surface area contributed by atoms with E-state index in [2.05, 4.69) is 0 Å². The number of nitrogens with two attached hydrogens (primary N) is 1. The molecule has 0 aliphatic rings. The van der Waals surface area contributed by atoms with Crippen LogP contribution in [0.1, 0.15) is 11.1 Å². The van der Waals surface area contributed by atoms with Crippen molar-refractivity contribution in [3.63, 3.8) is 0 Å². The van der Waals surface area contributed by atoms with Gasteiger partial charge in [0.1, 0.15) is 12.4 Å². The molecule has 0 saturated heterocycles. The second kappa shape index (κ2) is 7.38. The van der Waals surface area contributed by atoms with Crippen LogP contribution in [0.2, 0.25) is 0 Å². The van der Waals surface area contributed by atoms with Gasteiger partial charge in [-0.1, -0.05) is 42.5 Å². The number of benzene rings is 2. The topological polar surface area (TPSA) is 89.6 Å². The van der Waals surface area contributed by atoms with Crippen molar-refractivity contribution in [1.29, 1.82) is 0 Å². The molecule has 3 N–H and O–H groups in total. The van der Waals surface area contributed by atoms with E-state index in [9.17, 15) is 14.7 Å². The number of rotatable bonds is 6. The molecule has 0 radical (unpaired) electrons. The molecule has 0 aliphatic carbocycles. The molecule has 0 spiro atoms. The number of hydrogen-bond acceptors (Lipinski definition) is 5. The molecule has 1 atom stereocenters. The molecule has 114 valence electrons. The number of carbonyl (C=O) groups excluding carboxylic acids is 2. The van der Waals surface area contributed by atoms with Crippen LogP contribution < -0.4 is 5.73 Å². The SMILES string of the molecule is N[C@@H](Cc1ccc(O)cc1)C(=O)C(=O)OCc1ccccc1. The maximum atomic E-state index is 11.9. The minimum atomic E-state index is -0.965. The van der Waals surface area contributed by atoms with Crippen molar-refractivity contribution in [3.05, 3.63) is 65.7 Å². The Morgan fingerprint density at radius 3 is 2.27 bits per heavy atom. The number of phenolic OH excluding ortho intramolecular Hbond substituents is 1. The summed E-state index contributed by atoms with van der Waals surface area (Å²) in [6, 6.07) is 14.4.